The molecular formula is C23H21ClF3N5O2. The van der Waals surface area contributed by atoms with Crippen LogP contribution in [0.3, 0.4) is 0 Å². The number of anilines is 3. The number of alkyl halides is 2. The molecule has 1 amide bonds. The van der Waals surface area contributed by atoms with Crippen molar-refractivity contribution in [3.05, 3.63) is 65.2 Å². The van der Waals surface area contributed by atoms with E-state index in [-0.39, 0.29) is 65.4 Å². The van der Waals surface area contributed by atoms with E-state index in [4.69, 9.17) is 22.1 Å². The van der Waals surface area contributed by atoms with E-state index >= 15 is 0 Å². The van der Waals surface area contributed by atoms with Gasteiger partial charge in [-0.15, -0.1) is 0 Å². The van der Waals surface area contributed by atoms with Crippen LogP contribution in [0.5, 0.6) is 11.5 Å². The van der Waals surface area contributed by atoms with Crippen LogP contribution in [0.2, 0.25) is 5.02 Å². The van der Waals surface area contributed by atoms with Crippen LogP contribution >= 0.6 is 11.6 Å². The number of aromatic nitrogens is 2. The fourth-order valence-corrected chi connectivity index (χ4v) is 3.72. The van der Waals surface area contributed by atoms with Crippen molar-refractivity contribution in [1.29, 1.82) is 0 Å². The second kappa shape index (κ2) is 9.76. The zero-order valence-electron chi connectivity index (χ0n) is 17.8. The van der Waals surface area contributed by atoms with E-state index in [1.54, 1.807) is 12.1 Å². The van der Waals surface area contributed by atoms with Crippen LogP contribution in [-0.4, -0.2) is 27.8 Å². The number of pyridine rings is 2. The van der Waals surface area contributed by atoms with Gasteiger partial charge in [0.2, 0.25) is 5.92 Å². The molecule has 11 heteroatoms. The molecular weight excluding hydrogens is 471 g/mol. The number of ether oxygens (including phenoxy) is 1. The van der Waals surface area contributed by atoms with Crippen molar-refractivity contribution >= 4 is 34.8 Å². The van der Waals surface area contributed by atoms with Gasteiger partial charge in [-0.05, 0) is 37.1 Å². The topological polar surface area (TPSA) is 102 Å². The number of hydrogen-bond acceptors (Lipinski definition) is 6. The number of carbonyl (C=O) groups is 1. The molecule has 2 aromatic heterocycles. The van der Waals surface area contributed by atoms with Crippen molar-refractivity contribution in [2.45, 2.75) is 37.6 Å². The lowest BCUT2D eigenvalue weighted by Gasteiger charge is -2.28. The average Bonchev–Trinajstić information content (AvgIpc) is 2.80. The summed E-state index contributed by atoms with van der Waals surface area (Å²) in [6, 6.07) is 8.33. The van der Waals surface area contributed by atoms with E-state index in [0.29, 0.717) is 5.69 Å². The lowest BCUT2D eigenvalue weighted by atomic mass is 9.92. The van der Waals surface area contributed by atoms with Gasteiger partial charge in [0.25, 0.3) is 5.91 Å². The molecule has 0 bridgehead atoms. The number of amides is 1. The highest BCUT2D eigenvalue weighted by Crippen LogP contribution is 2.35. The Bertz CT molecular complexity index is 1200. The van der Waals surface area contributed by atoms with Gasteiger partial charge in [-0.3, -0.25) is 4.79 Å². The molecule has 0 atom stereocenters. The first kappa shape index (κ1) is 23.6. The van der Waals surface area contributed by atoms with Gasteiger partial charge in [0.1, 0.15) is 16.7 Å². The highest BCUT2D eigenvalue weighted by molar-refractivity contribution is 6.34. The maximum absolute atomic E-state index is 14.7. The van der Waals surface area contributed by atoms with Crippen molar-refractivity contribution in [2.75, 3.05) is 11.1 Å². The van der Waals surface area contributed by atoms with Crippen LogP contribution in [-0.2, 0) is 0 Å². The summed E-state index contributed by atoms with van der Waals surface area (Å²) < 4.78 is 46.9. The minimum Gasteiger partial charge on any atom is -0.453 e. The molecule has 1 aliphatic carbocycles. The molecule has 4 N–H and O–H groups in total. The molecule has 1 saturated carbocycles. The third-order valence-electron chi connectivity index (χ3n) is 5.40. The molecule has 4 rings (SSSR count). The number of hydrogen-bond donors (Lipinski definition) is 3. The Labute approximate surface area is 198 Å². The van der Waals surface area contributed by atoms with Crippen molar-refractivity contribution in [2.24, 2.45) is 0 Å². The van der Waals surface area contributed by atoms with E-state index in [0.717, 1.165) is 0 Å². The largest absolute Gasteiger partial charge is 0.453 e. The second-order valence-corrected chi connectivity index (χ2v) is 8.26. The molecule has 3 aromatic rings. The van der Waals surface area contributed by atoms with Crippen molar-refractivity contribution in [1.82, 2.24) is 15.3 Å². The summed E-state index contributed by atoms with van der Waals surface area (Å²) >= 11 is 6.03. The Kier molecular flexibility index (Phi) is 6.78. The van der Waals surface area contributed by atoms with Gasteiger partial charge < -0.3 is 21.1 Å². The number of nitrogens with zero attached hydrogens (tertiary/aromatic N) is 2. The van der Waals surface area contributed by atoms with Gasteiger partial charge in [-0.25, -0.2) is 23.1 Å². The van der Waals surface area contributed by atoms with Crippen molar-refractivity contribution in [3.8, 4) is 11.5 Å². The first-order chi connectivity index (χ1) is 16.2. The SMILES string of the molecule is Nc1nccc(Oc2ccc(Nc3ncccc3C(=O)NC3CCC(F)(F)CC3)cc2F)c1Cl. The third kappa shape index (κ3) is 5.51. The number of nitrogen functional groups attached to an aromatic ring is 1. The molecule has 2 heterocycles. The van der Waals surface area contributed by atoms with Crippen molar-refractivity contribution in [3.63, 3.8) is 0 Å². The van der Waals surface area contributed by atoms with Crippen LogP contribution < -0.4 is 21.1 Å². The van der Waals surface area contributed by atoms with Crippen LogP contribution in [0.15, 0.2) is 48.8 Å². The summed E-state index contributed by atoms with van der Waals surface area (Å²) in [5.74, 6) is -3.51. The van der Waals surface area contributed by atoms with E-state index in [1.807, 2.05) is 0 Å². The van der Waals surface area contributed by atoms with E-state index < -0.39 is 17.6 Å². The van der Waals surface area contributed by atoms with Crippen molar-refractivity contribution < 1.29 is 22.7 Å². The Morgan fingerprint density at radius 2 is 1.88 bits per heavy atom. The summed E-state index contributed by atoms with van der Waals surface area (Å²) in [6.45, 7) is 0. The summed E-state index contributed by atoms with van der Waals surface area (Å²) in [5, 5.41) is 5.76. The highest BCUT2D eigenvalue weighted by Gasteiger charge is 2.35. The van der Waals surface area contributed by atoms with Crippen LogP contribution in [0, 0.1) is 5.82 Å². The lowest BCUT2D eigenvalue weighted by Crippen LogP contribution is -2.40. The molecule has 0 aliphatic heterocycles. The predicted molar refractivity (Wildman–Crippen MR) is 122 cm³/mol. The normalized spacial score (nSPS) is 15.5. The van der Waals surface area contributed by atoms with Gasteiger partial charge >= 0.3 is 0 Å². The van der Waals surface area contributed by atoms with Gasteiger partial charge in [-0.2, -0.15) is 0 Å². The summed E-state index contributed by atoms with van der Waals surface area (Å²) in [6.07, 6.45) is 2.73. The first-order valence-electron chi connectivity index (χ1n) is 10.5. The minimum atomic E-state index is -2.68. The number of halogens is 4. The minimum absolute atomic E-state index is 0.0563. The molecule has 0 saturated heterocycles. The quantitative estimate of drug-likeness (QED) is 0.409. The number of benzene rings is 1. The Morgan fingerprint density at radius 1 is 1.12 bits per heavy atom. The molecule has 0 spiro atoms. The number of nitrogens with two attached hydrogens (primary N) is 1. The van der Waals surface area contributed by atoms with Gasteiger partial charge in [0, 0.05) is 49.1 Å². The second-order valence-electron chi connectivity index (χ2n) is 7.88. The Balaban J connectivity index is 1.46. The maximum Gasteiger partial charge on any atom is 0.255 e. The number of rotatable bonds is 6. The van der Waals surface area contributed by atoms with Crippen LogP contribution in [0.1, 0.15) is 36.0 Å². The standard InChI is InChI=1S/C23H21ClF3N5O2/c24-19-18(7-11-29-20(19)28)34-17-4-3-14(12-16(17)25)31-21-15(2-1-10-30-21)22(33)32-13-5-8-23(26,27)9-6-13/h1-4,7,10-13H,5-6,8-9H2,(H2,28,29)(H,30,31)(H,32,33). The molecule has 1 fully saturated rings. The van der Waals surface area contributed by atoms with Gasteiger partial charge in [0.15, 0.2) is 17.3 Å². The fraction of sp³-hybridized carbons (Fsp3) is 0.261. The van der Waals surface area contributed by atoms with Crippen LogP contribution in [0.25, 0.3) is 0 Å². The fourth-order valence-electron chi connectivity index (χ4n) is 3.57. The molecule has 7 nitrogen and oxygen atoms in total. The zero-order valence-corrected chi connectivity index (χ0v) is 18.6. The summed E-state index contributed by atoms with van der Waals surface area (Å²) in [5.41, 5.74) is 6.16. The highest BCUT2D eigenvalue weighted by atomic mass is 35.5. The average molecular weight is 492 g/mol. The van der Waals surface area contributed by atoms with E-state index in [1.165, 1.54) is 36.7 Å². The van der Waals surface area contributed by atoms with Crippen LogP contribution in [0.4, 0.5) is 30.5 Å². The Morgan fingerprint density at radius 3 is 2.62 bits per heavy atom. The molecule has 0 radical (unpaired) electrons. The number of carbonyl (C=O) groups excluding carboxylic acids is 1. The van der Waals surface area contributed by atoms with E-state index in [2.05, 4.69) is 20.6 Å². The van der Waals surface area contributed by atoms with Gasteiger partial charge in [-0.1, -0.05) is 11.6 Å². The predicted octanol–water partition coefficient (Wildman–Crippen LogP) is 5.69. The Hall–Kier alpha value is -3.53. The summed E-state index contributed by atoms with van der Waals surface area (Å²) in [7, 11) is 0. The van der Waals surface area contributed by atoms with Gasteiger partial charge in [0.05, 0.1) is 5.56 Å². The first-order valence-corrected chi connectivity index (χ1v) is 10.9. The smallest absolute Gasteiger partial charge is 0.255 e. The summed E-state index contributed by atoms with van der Waals surface area (Å²) in [4.78, 5) is 20.8. The molecule has 1 aromatic carbocycles. The molecule has 34 heavy (non-hydrogen) atoms. The molecule has 178 valence electrons. The zero-order chi connectivity index (χ0) is 24.3. The maximum atomic E-state index is 14.7. The monoisotopic (exact) mass is 491 g/mol. The van der Waals surface area contributed by atoms with E-state index in [9.17, 15) is 18.0 Å². The third-order valence-corrected chi connectivity index (χ3v) is 5.78. The molecule has 1 aliphatic rings. The molecule has 0 unspecified atom stereocenters. The lowest BCUT2D eigenvalue weighted by molar-refractivity contribution is -0.0399. The number of nitrogens with one attached hydrogen (secondary N) is 2.